The Kier molecular flexibility index (Phi) is 3.72. The van der Waals surface area contributed by atoms with Crippen LogP contribution in [0.2, 0.25) is 5.02 Å². The molecule has 0 heterocycles. The summed E-state index contributed by atoms with van der Waals surface area (Å²) in [4.78, 5) is 2.47. The van der Waals surface area contributed by atoms with Gasteiger partial charge in [-0.25, -0.2) is 0 Å². The summed E-state index contributed by atoms with van der Waals surface area (Å²) in [5, 5.41) is 0.805. The van der Waals surface area contributed by atoms with Crippen molar-refractivity contribution in [2.75, 3.05) is 18.0 Å². The fourth-order valence-electron chi connectivity index (χ4n) is 2.20. The molecule has 1 saturated carbocycles. The summed E-state index contributed by atoms with van der Waals surface area (Å²) < 4.78 is 0. The minimum absolute atomic E-state index is 0.676. The maximum absolute atomic E-state index is 6.04. The van der Waals surface area contributed by atoms with Gasteiger partial charge in [0.1, 0.15) is 0 Å². The van der Waals surface area contributed by atoms with Crippen LogP contribution in [0.1, 0.15) is 25.3 Å². The first-order valence-electron chi connectivity index (χ1n) is 6.01. The van der Waals surface area contributed by atoms with Crippen LogP contribution in [0, 0.1) is 0 Å². The lowest BCUT2D eigenvalue weighted by molar-refractivity contribution is 0.813. The number of rotatable bonds is 5. The molecule has 0 aliphatic heterocycles. The van der Waals surface area contributed by atoms with E-state index in [2.05, 4.69) is 24.0 Å². The highest BCUT2D eigenvalue weighted by atomic mass is 35.5. The van der Waals surface area contributed by atoms with E-state index in [0.29, 0.717) is 6.54 Å². The Bertz CT molecular complexity index is 361. The zero-order valence-corrected chi connectivity index (χ0v) is 10.5. The molecule has 3 heteroatoms. The lowest BCUT2D eigenvalue weighted by atomic mass is 10.1. The minimum atomic E-state index is 0.676. The smallest absolute Gasteiger partial charge is 0.0410 e. The first kappa shape index (κ1) is 11.7. The molecule has 1 fully saturated rings. The predicted octanol–water partition coefficient (Wildman–Crippen LogP) is 2.83. The molecule has 16 heavy (non-hydrogen) atoms. The molecule has 0 amide bonds. The number of hydrogen-bond acceptors (Lipinski definition) is 2. The van der Waals surface area contributed by atoms with Gasteiger partial charge in [-0.3, -0.25) is 0 Å². The second-order valence-electron chi connectivity index (χ2n) is 4.33. The summed E-state index contributed by atoms with van der Waals surface area (Å²) in [5.74, 6) is 0. The van der Waals surface area contributed by atoms with E-state index < -0.39 is 0 Å². The molecule has 0 aromatic heterocycles. The van der Waals surface area contributed by atoms with Gasteiger partial charge in [0.2, 0.25) is 0 Å². The van der Waals surface area contributed by atoms with Crippen LogP contribution in [-0.2, 0) is 6.42 Å². The Morgan fingerprint density at radius 2 is 2.19 bits per heavy atom. The van der Waals surface area contributed by atoms with Gasteiger partial charge in [0.15, 0.2) is 0 Å². The molecule has 2 N–H and O–H groups in total. The molecule has 1 aromatic carbocycles. The number of anilines is 1. The number of nitrogens with zero attached hydrogens (tertiary/aromatic N) is 1. The molecule has 2 nitrogen and oxygen atoms in total. The summed E-state index contributed by atoms with van der Waals surface area (Å²) >= 11 is 6.04. The van der Waals surface area contributed by atoms with Crippen molar-refractivity contribution in [3.05, 3.63) is 28.8 Å². The van der Waals surface area contributed by atoms with Crippen molar-refractivity contribution in [2.45, 2.75) is 32.2 Å². The monoisotopic (exact) mass is 238 g/mol. The standard InChI is InChI=1S/C13H19ClN2/c1-2-16(12-4-5-12)13-6-3-11(14)9-10(13)7-8-15/h3,6,9,12H,2,4-5,7-8,15H2,1H3. The topological polar surface area (TPSA) is 29.3 Å². The van der Waals surface area contributed by atoms with Crippen LogP contribution in [0.3, 0.4) is 0 Å². The molecule has 1 aromatic rings. The molecule has 1 aliphatic rings. The Morgan fingerprint density at radius 3 is 2.75 bits per heavy atom. The van der Waals surface area contributed by atoms with Gasteiger partial charge in [0, 0.05) is 23.3 Å². The zero-order chi connectivity index (χ0) is 11.5. The quantitative estimate of drug-likeness (QED) is 0.855. The highest BCUT2D eigenvalue weighted by Gasteiger charge is 2.29. The lowest BCUT2D eigenvalue weighted by Gasteiger charge is -2.25. The van der Waals surface area contributed by atoms with Gasteiger partial charge in [-0.05, 0) is 56.5 Å². The van der Waals surface area contributed by atoms with E-state index >= 15 is 0 Å². The second-order valence-corrected chi connectivity index (χ2v) is 4.77. The Hall–Kier alpha value is -0.730. The first-order valence-corrected chi connectivity index (χ1v) is 6.39. The van der Waals surface area contributed by atoms with E-state index in [1.165, 1.54) is 24.1 Å². The predicted molar refractivity (Wildman–Crippen MR) is 70.3 cm³/mol. The fourth-order valence-corrected chi connectivity index (χ4v) is 2.40. The van der Waals surface area contributed by atoms with Gasteiger partial charge in [-0.2, -0.15) is 0 Å². The van der Waals surface area contributed by atoms with Crippen LogP contribution in [0.5, 0.6) is 0 Å². The van der Waals surface area contributed by atoms with Crippen molar-refractivity contribution < 1.29 is 0 Å². The van der Waals surface area contributed by atoms with E-state index in [1.54, 1.807) is 0 Å². The van der Waals surface area contributed by atoms with E-state index in [9.17, 15) is 0 Å². The normalized spacial score (nSPS) is 15.2. The lowest BCUT2D eigenvalue weighted by Crippen LogP contribution is -2.26. The first-order chi connectivity index (χ1) is 7.76. The minimum Gasteiger partial charge on any atom is -0.369 e. The van der Waals surface area contributed by atoms with Crippen LogP contribution in [0.15, 0.2) is 18.2 Å². The molecule has 1 aliphatic carbocycles. The molecule has 2 rings (SSSR count). The highest BCUT2D eigenvalue weighted by Crippen LogP contribution is 2.34. The summed E-state index contributed by atoms with van der Waals surface area (Å²) in [6, 6.07) is 6.90. The molecule has 0 radical (unpaired) electrons. The van der Waals surface area contributed by atoms with Crippen LogP contribution in [0.25, 0.3) is 0 Å². The van der Waals surface area contributed by atoms with E-state index in [1.807, 2.05) is 6.07 Å². The van der Waals surface area contributed by atoms with Crippen LogP contribution >= 0.6 is 11.6 Å². The highest BCUT2D eigenvalue weighted by molar-refractivity contribution is 6.30. The van der Waals surface area contributed by atoms with Gasteiger partial charge in [-0.15, -0.1) is 0 Å². The van der Waals surface area contributed by atoms with Crippen molar-refractivity contribution in [3.63, 3.8) is 0 Å². The Morgan fingerprint density at radius 1 is 1.44 bits per heavy atom. The number of halogens is 1. The fraction of sp³-hybridized carbons (Fsp3) is 0.538. The average Bonchev–Trinajstić information content (AvgIpc) is 3.07. The largest absolute Gasteiger partial charge is 0.369 e. The third kappa shape index (κ3) is 2.50. The Balaban J connectivity index is 2.29. The average molecular weight is 239 g/mol. The molecule has 0 bridgehead atoms. The Labute approximate surface area is 102 Å². The zero-order valence-electron chi connectivity index (χ0n) is 9.75. The SMILES string of the molecule is CCN(c1ccc(Cl)cc1CCN)C1CC1. The summed E-state index contributed by atoms with van der Waals surface area (Å²) in [5.41, 5.74) is 8.25. The van der Waals surface area contributed by atoms with Gasteiger partial charge >= 0.3 is 0 Å². The van der Waals surface area contributed by atoms with Crippen molar-refractivity contribution in [3.8, 4) is 0 Å². The number of benzene rings is 1. The van der Waals surface area contributed by atoms with Gasteiger partial charge < -0.3 is 10.6 Å². The molecule has 0 unspecified atom stereocenters. The molecular formula is C13H19ClN2. The van der Waals surface area contributed by atoms with E-state index in [-0.39, 0.29) is 0 Å². The van der Waals surface area contributed by atoms with E-state index in [4.69, 9.17) is 17.3 Å². The molecular weight excluding hydrogens is 220 g/mol. The van der Waals surface area contributed by atoms with Crippen LogP contribution in [-0.4, -0.2) is 19.1 Å². The maximum Gasteiger partial charge on any atom is 0.0410 e. The molecule has 0 atom stereocenters. The summed E-state index contributed by atoms with van der Waals surface area (Å²) in [7, 11) is 0. The van der Waals surface area contributed by atoms with Crippen LogP contribution in [0.4, 0.5) is 5.69 Å². The molecule has 0 spiro atoms. The van der Waals surface area contributed by atoms with Gasteiger partial charge in [0.25, 0.3) is 0 Å². The maximum atomic E-state index is 6.04. The van der Waals surface area contributed by atoms with Gasteiger partial charge in [0.05, 0.1) is 0 Å². The van der Waals surface area contributed by atoms with Crippen molar-refractivity contribution in [1.82, 2.24) is 0 Å². The number of nitrogens with two attached hydrogens (primary N) is 1. The van der Waals surface area contributed by atoms with Crippen molar-refractivity contribution >= 4 is 17.3 Å². The van der Waals surface area contributed by atoms with E-state index in [0.717, 1.165) is 24.0 Å². The molecule has 0 saturated heterocycles. The second kappa shape index (κ2) is 5.07. The van der Waals surface area contributed by atoms with Gasteiger partial charge in [-0.1, -0.05) is 11.6 Å². The number of hydrogen-bond donors (Lipinski definition) is 1. The van der Waals surface area contributed by atoms with Crippen molar-refractivity contribution in [1.29, 1.82) is 0 Å². The third-order valence-corrected chi connectivity index (χ3v) is 3.33. The van der Waals surface area contributed by atoms with Crippen LogP contribution < -0.4 is 10.6 Å². The van der Waals surface area contributed by atoms with Crippen molar-refractivity contribution in [2.24, 2.45) is 5.73 Å². The molecule has 88 valence electrons. The summed E-state index contributed by atoms with van der Waals surface area (Å²) in [6.45, 7) is 3.94. The third-order valence-electron chi connectivity index (χ3n) is 3.09. The summed E-state index contributed by atoms with van der Waals surface area (Å²) in [6.07, 6.45) is 3.54.